The van der Waals surface area contributed by atoms with Gasteiger partial charge < -0.3 is 20.3 Å². The van der Waals surface area contributed by atoms with Crippen molar-refractivity contribution in [2.24, 2.45) is 5.73 Å². The lowest BCUT2D eigenvalue weighted by molar-refractivity contribution is 0.0894. The molecular weight excluding hydrogens is 161 g/mol. The van der Waals surface area contributed by atoms with Crippen molar-refractivity contribution in [1.29, 1.82) is 0 Å². The fourth-order valence-electron chi connectivity index (χ4n) is 0.298. The Hall–Kier alpha value is 0.0300. The maximum Gasteiger partial charge on any atom is 0.469 e. The Balaban J connectivity index is 3.13. The number of hydrogen-bond acceptors (Lipinski definition) is 4. The summed E-state index contributed by atoms with van der Waals surface area (Å²) in [5.74, 6) is 0. The quantitative estimate of drug-likeness (QED) is 0.279. The van der Waals surface area contributed by atoms with Crippen LogP contribution in [0.5, 0.6) is 0 Å². The summed E-state index contributed by atoms with van der Waals surface area (Å²) in [6.07, 6.45) is 0. The Morgan fingerprint density at radius 3 is 2.40 bits per heavy atom. The summed E-state index contributed by atoms with van der Waals surface area (Å²) >= 11 is 0. The number of ether oxygens (including phenoxy) is 1. The zero-order valence-electron chi connectivity index (χ0n) is 5.27. The molecule has 0 bridgehead atoms. The first kappa shape index (κ1) is 10.0. The van der Waals surface area contributed by atoms with E-state index in [0.717, 1.165) is 0 Å². The van der Waals surface area contributed by atoms with E-state index in [-0.39, 0.29) is 19.9 Å². The van der Waals surface area contributed by atoms with Crippen molar-refractivity contribution < 1.29 is 23.6 Å². The normalized spacial score (nSPS) is 11.9. The molecular formula is C3H10NO5P. The Morgan fingerprint density at radius 2 is 2.00 bits per heavy atom. The van der Waals surface area contributed by atoms with E-state index < -0.39 is 7.82 Å². The molecule has 0 atom stereocenters. The van der Waals surface area contributed by atoms with Gasteiger partial charge >= 0.3 is 7.82 Å². The van der Waals surface area contributed by atoms with Crippen LogP contribution in [-0.4, -0.2) is 29.7 Å². The topological polar surface area (TPSA) is 102 Å². The van der Waals surface area contributed by atoms with Crippen molar-refractivity contribution in [3.8, 4) is 0 Å². The van der Waals surface area contributed by atoms with Crippen molar-refractivity contribution in [2.75, 3.05) is 19.9 Å². The SMILES string of the molecule is NCOCCOP(=O)(O)O. The molecule has 7 heteroatoms. The first-order valence-corrected chi connectivity index (χ1v) is 4.07. The van der Waals surface area contributed by atoms with Gasteiger partial charge in [0.2, 0.25) is 0 Å². The minimum absolute atomic E-state index is 0.0184. The first-order valence-electron chi connectivity index (χ1n) is 2.54. The second-order valence-electron chi connectivity index (χ2n) is 1.40. The number of nitrogens with two attached hydrogens (primary N) is 1. The predicted molar refractivity (Wildman–Crippen MR) is 33.0 cm³/mol. The third-order valence-electron chi connectivity index (χ3n) is 0.605. The highest BCUT2D eigenvalue weighted by Crippen LogP contribution is 2.35. The van der Waals surface area contributed by atoms with Crippen LogP contribution >= 0.6 is 7.82 Å². The molecule has 0 rings (SSSR count). The van der Waals surface area contributed by atoms with Gasteiger partial charge in [0.25, 0.3) is 0 Å². The van der Waals surface area contributed by atoms with E-state index in [1.54, 1.807) is 0 Å². The van der Waals surface area contributed by atoms with Crippen LogP contribution in [0.15, 0.2) is 0 Å². The van der Waals surface area contributed by atoms with Gasteiger partial charge in [-0.05, 0) is 0 Å². The number of rotatable bonds is 5. The minimum Gasteiger partial charge on any atom is -0.364 e. The summed E-state index contributed by atoms with van der Waals surface area (Å²) < 4.78 is 18.5. The average Bonchev–Trinajstić information content (AvgIpc) is 1.78. The van der Waals surface area contributed by atoms with E-state index in [0.29, 0.717) is 0 Å². The van der Waals surface area contributed by atoms with Gasteiger partial charge in [-0.1, -0.05) is 0 Å². The average molecular weight is 171 g/mol. The van der Waals surface area contributed by atoms with E-state index >= 15 is 0 Å². The second-order valence-corrected chi connectivity index (χ2v) is 2.64. The number of phosphoric acid groups is 1. The van der Waals surface area contributed by atoms with Crippen molar-refractivity contribution >= 4 is 7.82 Å². The van der Waals surface area contributed by atoms with Gasteiger partial charge in [-0.15, -0.1) is 0 Å². The van der Waals surface area contributed by atoms with Crippen LogP contribution in [-0.2, 0) is 13.8 Å². The van der Waals surface area contributed by atoms with E-state index in [4.69, 9.17) is 15.5 Å². The largest absolute Gasteiger partial charge is 0.469 e. The highest BCUT2D eigenvalue weighted by molar-refractivity contribution is 7.46. The van der Waals surface area contributed by atoms with Gasteiger partial charge in [0.05, 0.1) is 19.9 Å². The third kappa shape index (κ3) is 8.03. The fourth-order valence-corrected chi connectivity index (χ4v) is 0.611. The Labute approximate surface area is 58.2 Å². The lowest BCUT2D eigenvalue weighted by Crippen LogP contribution is -2.09. The molecule has 0 spiro atoms. The van der Waals surface area contributed by atoms with Gasteiger partial charge in [-0.2, -0.15) is 0 Å². The molecule has 10 heavy (non-hydrogen) atoms. The summed E-state index contributed by atoms with van der Waals surface area (Å²) in [4.78, 5) is 16.2. The Morgan fingerprint density at radius 1 is 1.40 bits per heavy atom. The van der Waals surface area contributed by atoms with Crippen molar-refractivity contribution in [2.45, 2.75) is 0 Å². The molecule has 0 aliphatic carbocycles. The van der Waals surface area contributed by atoms with Crippen LogP contribution < -0.4 is 5.73 Å². The molecule has 0 heterocycles. The molecule has 0 saturated carbocycles. The third-order valence-corrected chi connectivity index (χ3v) is 1.12. The van der Waals surface area contributed by atoms with Crippen molar-refractivity contribution in [3.05, 3.63) is 0 Å². The van der Waals surface area contributed by atoms with Crippen LogP contribution in [0.1, 0.15) is 0 Å². The lowest BCUT2D eigenvalue weighted by atomic mass is 10.8. The van der Waals surface area contributed by atoms with Crippen LogP contribution in [0.25, 0.3) is 0 Å². The van der Waals surface area contributed by atoms with E-state index in [1.165, 1.54) is 0 Å². The summed E-state index contributed by atoms with van der Waals surface area (Å²) in [7, 11) is -4.33. The molecule has 0 unspecified atom stereocenters. The van der Waals surface area contributed by atoms with Crippen LogP contribution in [0.4, 0.5) is 0 Å². The molecule has 0 aliphatic heterocycles. The Bertz CT molecular complexity index is 122. The zero-order chi connectivity index (χ0) is 8.04. The molecule has 0 aromatic carbocycles. The highest BCUT2D eigenvalue weighted by atomic mass is 31.2. The van der Waals surface area contributed by atoms with Gasteiger partial charge in [0, 0.05) is 0 Å². The van der Waals surface area contributed by atoms with Gasteiger partial charge in [0.1, 0.15) is 0 Å². The van der Waals surface area contributed by atoms with Crippen LogP contribution in [0.2, 0.25) is 0 Å². The molecule has 0 aromatic rings. The smallest absolute Gasteiger partial charge is 0.364 e. The predicted octanol–water partition coefficient (Wildman–Crippen LogP) is -0.972. The highest BCUT2D eigenvalue weighted by Gasteiger charge is 2.12. The first-order chi connectivity index (χ1) is 4.56. The molecule has 0 aromatic heterocycles. The number of phosphoric ester groups is 1. The minimum atomic E-state index is -4.33. The van der Waals surface area contributed by atoms with Gasteiger partial charge in [-0.25, -0.2) is 4.57 Å². The molecule has 0 radical (unpaired) electrons. The lowest BCUT2D eigenvalue weighted by Gasteiger charge is -2.03. The summed E-state index contributed by atoms with van der Waals surface area (Å²) in [6.45, 7) is -0.0480. The molecule has 62 valence electrons. The summed E-state index contributed by atoms with van der Waals surface area (Å²) in [6, 6.07) is 0. The monoisotopic (exact) mass is 171 g/mol. The van der Waals surface area contributed by atoms with Crippen LogP contribution in [0, 0.1) is 0 Å². The summed E-state index contributed by atoms with van der Waals surface area (Å²) in [5.41, 5.74) is 4.91. The maximum absolute atomic E-state index is 9.98. The van der Waals surface area contributed by atoms with Crippen molar-refractivity contribution in [1.82, 2.24) is 0 Å². The van der Waals surface area contributed by atoms with Crippen molar-refractivity contribution in [3.63, 3.8) is 0 Å². The molecule has 0 fully saturated rings. The van der Waals surface area contributed by atoms with E-state index in [9.17, 15) is 4.57 Å². The fraction of sp³-hybridized carbons (Fsp3) is 1.00. The molecule has 0 amide bonds. The van der Waals surface area contributed by atoms with Gasteiger partial charge in [-0.3, -0.25) is 4.52 Å². The molecule has 0 aliphatic rings. The van der Waals surface area contributed by atoms with E-state index in [2.05, 4.69) is 9.26 Å². The maximum atomic E-state index is 9.98. The molecule has 6 nitrogen and oxygen atoms in total. The number of hydrogen-bond donors (Lipinski definition) is 3. The zero-order valence-corrected chi connectivity index (χ0v) is 6.16. The molecule has 0 saturated heterocycles. The standard InChI is InChI=1S/C3H10NO5P/c4-3-8-1-2-9-10(5,6)7/h1-4H2,(H2,5,6,7). The Kier molecular flexibility index (Phi) is 4.80. The molecule has 4 N–H and O–H groups in total. The summed E-state index contributed by atoms with van der Waals surface area (Å²) in [5, 5.41) is 0. The van der Waals surface area contributed by atoms with Crippen LogP contribution in [0.3, 0.4) is 0 Å². The van der Waals surface area contributed by atoms with Gasteiger partial charge in [0.15, 0.2) is 0 Å². The second kappa shape index (κ2) is 4.79. The van der Waals surface area contributed by atoms with E-state index in [1.807, 2.05) is 0 Å².